The fourth-order valence-electron chi connectivity index (χ4n) is 3.31. The van der Waals surface area contributed by atoms with Gasteiger partial charge in [0.15, 0.2) is 0 Å². The lowest BCUT2D eigenvalue weighted by atomic mass is 9.89. The largest absolute Gasteiger partial charge is 0.331 e. The first-order chi connectivity index (χ1) is 10.6. The third-order valence-electron chi connectivity index (χ3n) is 4.41. The molecule has 1 atom stereocenters. The molecule has 1 amide bonds. The van der Waals surface area contributed by atoms with Crippen LogP contribution in [-0.2, 0) is 6.42 Å². The molecular weight excluding hydrogens is 277 g/mol. The van der Waals surface area contributed by atoms with Crippen LogP contribution in [0.15, 0.2) is 42.5 Å². The lowest BCUT2D eigenvalue weighted by molar-refractivity contribution is 0.0650. The number of amides is 1. The predicted octanol–water partition coefficient (Wildman–Crippen LogP) is 4.28. The van der Waals surface area contributed by atoms with E-state index in [1.165, 1.54) is 22.8 Å². The second kappa shape index (κ2) is 5.91. The van der Waals surface area contributed by atoms with Gasteiger partial charge in [-0.05, 0) is 43.0 Å². The van der Waals surface area contributed by atoms with Crippen molar-refractivity contribution in [2.75, 3.05) is 6.54 Å². The molecule has 2 aromatic rings. The van der Waals surface area contributed by atoms with Gasteiger partial charge in [-0.2, -0.15) is 0 Å². The number of hydrogen-bond donors (Lipinski definition) is 0. The summed E-state index contributed by atoms with van der Waals surface area (Å²) in [5, 5.41) is 0. The van der Waals surface area contributed by atoms with E-state index in [0.29, 0.717) is 6.54 Å². The predicted molar refractivity (Wildman–Crippen MR) is 85.4 cm³/mol. The lowest BCUT2D eigenvalue weighted by Crippen LogP contribution is -2.40. The van der Waals surface area contributed by atoms with Crippen LogP contribution in [0.1, 0.15) is 46.4 Å². The Hall–Kier alpha value is -2.16. The van der Waals surface area contributed by atoms with Crippen LogP contribution in [0.4, 0.5) is 4.39 Å². The molecule has 2 nitrogen and oxygen atoms in total. The van der Waals surface area contributed by atoms with Gasteiger partial charge in [-0.25, -0.2) is 4.39 Å². The summed E-state index contributed by atoms with van der Waals surface area (Å²) in [6.45, 7) is 4.79. The van der Waals surface area contributed by atoms with E-state index < -0.39 is 5.82 Å². The summed E-state index contributed by atoms with van der Waals surface area (Å²) < 4.78 is 13.9. The number of benzene rings is 2. The normalized spacial score (nSPS) is 17.2. The van der Waals surface area contributed by atoms with Crippen LogP contribution in [0.25, 0.3) is 0 Å². The monoisotopic (exact) mass is 297 g/mol. The number of nitrogens with zero attached hydrogens (tertiary/aromatic N) is 1. The zero-order valence-electron chi connectivity index (χ0n) is 13.0. The first-order valence-electron chi connectivity index (χ1n) is 7.76. The van der Waals surface area contributed by atoms with Gasteiger partial charge >= 0.3 is 0 Å². The van der Waals surface area contributed by atoms with Gasteiger partial charge in [-0.15, -0.1) is 0 Å². The molecule has 22 heavy (non-hydrogen) atoms. The molecule has 0 spiro atoms. The molecule has 1 aliphatic heterocycles. The topological polar surface area (TPSA) is 20.3 Å². The molecule has 0 aliphatic carbocycles. The van der Waals surface area contributed by atoms with E-state index in [-0.39, 0.29) is 17.5 Å². The van der Waals surface area contributed by atoms with E-state index >= 15 is 0 Å². The Bertz CT molecular complexity index is 710. The summed E-state index contributed by atoms with van der Waals surface area (Å²) in [4.78, 5) is 14.6. The highest BCUT2D eigenvalue weighted by Crippen LogP contribution is 2.33. The van der Waals surface area contributed by atoms with Gasteiger partial charge in [0.1, 0.15) is 5.82 Å². The Morgan fingerprint density at radius 2 is 2.05 bits per heavy atom. The Kier molecular flexibility index (Phi) is 3.97. The molecule has 1 aliphatic rings. The molecule has 1 heterocycles. The van der Waals surface area contributed by atoms with Crippen molar-refractivity contribution in [3.63, 3.8) is 0 Å². The Balaban J connectivity index is 1.97. The van der Waals surface area contributed by atoms with Gasteiger partial charge in [0.2, 0.25) is 0 Å². The van der Waals surface area contributed by atoms with Crippen molar-refractivity contribution in [3.8, 4) is 0 Å². The highest BCUT2D eigenvalue weighted by molar-refractivity contribution is 5.95. The van der Waals surface area contributed by atoms with E-state index in [1.54, 1.807) is 18.2 Å². The third-order valence-corrected chi connectivity index (χ3v) is 4.41. The summed E-state index contributed by atoms with van der Waals surface area (Å²) in [5.41, 5.74) is 3.91. The molecule has 114 valence electrons. The highest BCUT2D eigenvalue weighted by Gasteiger charge is 2.31. The maximum atomic E-state index is 13.9. The lowest BCUT2D eigenvalue weighted by Gasteiger charge is -2.37. The third kappa shape index (κ3) is 2.52. The van der Waals surface area contributed by atoms with Crippen LogP contribution < -0.4 is 0 Å². The van der Waals surface area contributed by atoms with Crippen LogP contribution in [0.3, 0.4) is 0 Å². The second-order valence-electron chi connectivity index (χ2n) is 5.85. The van der Waals surface area contributed by atoms with Crippen LogP contribution in [0, 0.1) is 12.7 Å². The van der Waals surface area contributed by atoms with E-state index in [2.05, 4.69) is 32.0 Å². The zero-order chi connectivity index (χ0) is 15.7. The molecular formula is C19H20FNO. The summed E-state index contributed by atoms with van der Waals surface area (Å²) in [6.07, 6.45) is 1.66. The molecule has 3 heteroatoms. The molecule has 0 N–H and O–H groups in total. The van der Waals surface area contributed by atoms with Crippen molar-refractivity contribution >= 4 is 5.91 Å². The number of aryl methyl sites for hydroxylation is 1. The first-order valence-corrected chi connectivity index (χ1v) is 7.76. The van der Waals surface area contributed by atoms with Crippen molar-refractivity contribution in [1.29, 1.82) is 0 Å². The first kappa shape index (κ1) is 14.8. The van der Waals surface area contributed by atoms with Crippen LogP contribution >= 0.6 is 0 Å². The molecule has 0 fully saturated rings. The van der Waals surface area contributed by atoms with Gasteiger partial charge in [0, 0.05) is 6.54 Å². The average molecular weight is 297 g/mol. The van der Waals surface area contributed by atoms with E-state index in [1.807, 2.05) is 4.90 Å². The molecule has 0 radical (unpaired) electrons. The van der Waals surface area contributed by atoms with Crippen LogP contribution in [-0.4, -0.2) is 17.4 Å². The Morgan fingerprint density at radius 3 is 2.77 bits per heavy atom. The van der Waals surface area contributed by atoms with Crippen LogP contribution in [0.2, 0.25) is 0 Å². The number of carbonyl (C=O) groups is 1. The molecule has 0 bridgehead atoms. The Morgan fingerprint density at radius 1 is 1.27 bits per heavy atom. The van der Waals surface area contributed by atoms with Gasteiger partial charge in [0.05, 0.1) is 11.6 Å². The maximum Gasteiger partial charge on any atom is 0.257 e. The van der Waals surface area contributed by atoms with Gasteiger partial charge < -0.3 is 4.90 Å². The summed E-state index contributed by atoms with van der Waals surface area (Å²) >= 11 is 0. The number of rotatable bonds is 2. The number of hydrogen-bond acceptors (Lipinski definition) is 1. The number of carbonyl (C=O) groups excluding carboxylic acids is 1. The molecule has 0 aromatic heterocycles. The van der Waals surface area contributed by atoms with Crippen molar-refractivity contribution < 1.29 is 9.18 Å². The van der Waals surface area contributed by atoms with Crippen molar-refractivity contribution in [1.82, 2.24) is 4.90 Å². The summed E-state index contributed by atoms with van der Waals surface area (Å²) in [7, 11) is 0. The second-order valence-corrected chi connectivity index (χ2v) is 5.85. The van der Waals surface area contributed by atoms with Crippen molar-refractivity contribution in [2.24, 2.45) is 0 Å². The SMILES string of the molecule is CCC1c2ccc(C)cc2CCN1C(=O)c1ccccc1F. The fourth-order valence-corrected chi connectivity index (χ4v) is 3.31. The number of halogens is 1. The zero-order valence-corrected chi connectivity index (χ0v) is 13.0. The minimum Gasteiger partial charge on any atom is -0.331 e. The number of fused-ring (bicyclic) bond motifs is 1. The molecule has 1 unspecified atom stereocenters. The fraction of sp³-hybridized carbons (Fsp3) is 0.316. The Labute approximate surface area is 130 Å². The highest BCUT2D eigenvalue weighted by atomic mass is 19.1. The minimum absolute atomic E-state index is 0.0245. The van der Waals surface area contributed by atoms with Gasteiger partial charge in [-0.1, -0.05) is 42.8 Å². The minimum atomic E-state index is -0.447. The van der Waals surface area contributed by atoms with Crippen LogP contribution in [0.5, 0.6) is 0 Å². The molecule has 0 saturated heterocycles. The summed E-state index contributed by atoms with van der Waals surface area (Å²) in [6, 6.07) is 12.6. The molecule has 2 aromatic carbocycles. The van der Waals surface area contributed by atoms with E-state index in [9.17, 15) is 9.18 Å². The van der Waals surface area contributed by atoms with E-state index in [4.69, 9.17) is 0 Å². The van der Waals surface area contributed by atoms with Gasteiger partial charge in [0.25, 0.3) is 5.91 Å². The van der Waals surface area contributed by atoms with Gasteiger partial charge in [-0.3, -0.25) is 4.79 Å². The van der Waals surface area contributed by atoms with E-state index in [0.717, 1.165) is 12.8 Å². The molecule has 3 rings (SSSR count). The average Bonchev–Trinajstić information content (AvgIpc) is 2.53. The standard InChI is InChI=1S/C19H20FNO/c1-3-18-15-9-8-13(2)12-14(15)10-11-21(18)19(22)16-6-4-5-7-17(16)20/h4-9,12,18H,3,10-11H2,1-2H3. The maximum absolute atomic E-state index is 13.9. The quantitative estimate of drug-likeness (QED) is 0.810. The van der Waals surface area contributed by atoms with Crippen molar-refractivity contribution in [2.45, 2.75) is 32.7 Å². The summed E-state index contributed by atoms with van der Waals surface area (Å²) in [5.74, 6) is -0.659. The smallest absolute Gasteiger partial charge is 0.257 e. The van der Waals surface area contributed by atoms with Crippen molar-refractivity contribution in [3.05, 3.63) is 70.5 Å². The molecule has 0 saturated carbocycles.